The zero-order valence-electron chi connectivity index (χ0n) is 37.6. The van der Waals surface area contributed by atoms with Crippen molar-refractivity contribution < 1.29 is 25.2 Å². The minimum Gasteiger partial charge on any atom is -0.458 e. The van der Waals surface area contributed by atoms with E-state index >= 15 is 0 Å². The first-order chi connectivity index (χ1) is 34.2. The van der Waals surface area contributed by atoms with Crippen LogP contribution in [0.2, 0.25) is 0 Å². The Morgan fingerprint density at radius 3 is 1.83 bits per heavy atom. The minimum absolute atomic E-state index is 0. The van der Waals surface area contributed by atoms with Crippen LogP contribution in [-0.2, 0) is 20.4 Å². The van der Waals surface area contributed by atoms with Crippen LogP contribution in [0.4, 0.5) is 0 Å². The molecule has 0 aliphatic carbocycles. The molecular formula is C62H40N4OPdSi2. The molecule has 14 rings (SSSR count). The van der Waals surface area contributed by atoms with Crippen molar-refractivity contribution in [2.45, 2.75) is 0 Å². The van der Waals surface area contributed by atoms with E-state index in [1.54, 1.807) is 0 Å². The predicted octanol–water partition coefficient (Wildman–Crippen LogP) is 8.59. The second kappa shape index (κ2) is 16.6. The van der Waals surface area contributed by atoms with Gasteiger partial charge in [-0.3, -0.25) is 4.98 Å². The summed E-state index contributed by atoms with van der Waals surface area (Å²) in [6.07, 6.45) is 5.87. The molecule has 332 valence electrons. The second-order valence-corrected chi connectivity index (χ2v) is 25.3. The van der Waals surface area contributed by atoms with E-state index in [1.807, 2.05) is 12.4 Å². The van der Waals surface area contributed by atoms with E-state index in [4.69, 9.17) is 14.7 Å². The van der Waals surface area contributed by atoms with Crippen molar-refractivity contribution >= 4 is 107 Å². The zero-order valence-corrected chi connectivity index (χ0v) is 41.2. The first-order valence-electron chi connectivity index (χ1n) is 23.4. The van der Waals surface area contributed by atoms with Gasteiger partial charge in [0.05, 0.1) is 11.2 Å². The molecule has 70 heavy (non-hydrogen) atoms. The number of fused-ring (bicyclic) bond motifs is 12. The molecule has 1 aliphatic heterocycles. The average molecular weight is 1020 g/mol. The van der Waals surface area contributed by atoms with E-state index < -0.39 is 16.1 Å². The molecule has 0 saturated heterocycles. The Kier molecular flexibility index (Phi) is 10.0. The van der Waals surface area contributed by atoms with Crippen LogP contribution in [0.1, 0.15) is 0 Å². The van der Waals surface area contributed by atoms with E-state index in [-0.39, 0.29) is 20.4 Å². The third-order valence-corrected chi connectivity index (χ3v) is 23.9. The Bertz CT molecular complexity index is 4040. The number of rotatable bonds is 7. The van der Waals surface area contributed by atoms with Crippen LogP contribution in [0.25, 0.3) is 54.9 Å². The van der Waals surface area contributed by atoms with Crippen molar-refractivity contribution in [2.24, 2.45) is 0 Å². The van der Waals surface area contributed by atoms with Gasteiger partial charge in [-0.25, -0.2) is 4.98 Å². The van der Waals surface area contributed by atoms with Crippen LogP contribution in [-0.4, -0.2) is 35.1 Å². The van der Waals surface area contributed by atoms with E-state index in [0.717, 1.165) is 71.4 Å². The van der Waals surface area contributed by atoms with Gasteiger partial charge in [-0.05, 0) is 67.7 Å². The van der Waals surface area contributed by atoms with Crippen LogP contribution >= 0.6 is 0 Å². The third kappa shape index (κ3) is 5.98. The Morgan fingerprint density at radius 1 is 0.457 bits per heavy atom. The molecule has 0 unspecified atom stereocenters. The molecule has 0 fully saturated rings. The molecule has 5 nitrogen and oxygen atoms in total. The minimum atomic E-state index is -3.20. The Labute approximate surface area is 420 Å². The number of para-hydroxylation sites is 2. The van der Waals surface area contributed by atoms with Gasteiger partial charge in [-0.15, -0.1) is 34.8 Å². The molecule has 4 aromatic heterocycles. The Morgan fingerprint density at radius 2 is 1.09 bits per heavy atom. The fourth-order valence-corrected chi connectivity index (χ4v) is 21.4. The quantitative estimate of drug-likeness (QED) is 0.0696. The number of pyridine rings is 2. The van der Waals surface area contributed by atoms with Crippen molar-refractivity contribution in [1.82, 2.24) is 18.9 Å². The summed E-state index contributed by atoms with van der Waals surface area (Å²) in [5, 5.41) is 15.3. The van der Waals surface area contributed by atoms with Crippen LogP contribution in [0.5, 0.6) is 11.5 Å². The molecule has 0 bridgehead atoms. The summed E-state index contributed by atoms with van der Waals surface area (Å²) in [7, 11) is -6.25. The van der Waals surface area contributed by atoms with Gasteiger partial charge in [0.2, 0.25) is 0 Å². The number of aromatic nitrogens is 4. The van der Waals surface area contributed by atoms with Crippen LogP contribution < -0.4 is 46.2 Å². The molecule has 0 radical (unpaired) electrons. The van der Waals surface area contributed by atoms with Crippen LogP contribution in [0.3, 0.4) is 0 Å². The molecule has 1 aliphatic rings. The summed E-state index contributed by atoms with van der Waals surface area (Å²) in [4.78, 5) is 10.2. The van der Waals surface area contributed by atoms with Gasteiger partial charge >= 0.3 is 20.4 Å². The van der Waals surface area contributed by atoms with E-state index in [2.05, 4.69) is 252 Å². The fraction of sp³-hybridized carbons (Fsp3) is 0. The standard InChI is InChI=1S/C62H40N4OSi2.Pd/c1-5-20-44(21-6-1)68(45-22-7-2-8-23-45,49-34-35-50-51-29-13-14-31-54(51)65-40-39-64-61(65)53(50)42-49)48-28-17-19-43(41-48)66-55-36-37-57-60(59(55)52-30-18-38-63-62(52)66)69(46-24-9-3-10-25-46,47-26-11-4-12-27-47)58-33-16-15-32-56(58)67-57;/h1-40H;/q-2;+2. The van der Waals surface area contributed by atoms with Crippen molar-refractivity contribution in [1.29, 1.82) is 0 Å². The molecule has 0 spiro atoms. The molecule has 9 aromatic carbocycles. The molecule has 0 amide bonds. The molecule has 5 heterocycles. The normalized spacial score (nSPS) is 13.0. The Balaban J connectivity index is 0.00000480. The second-order valence-electron chi connectivity index (χ2n) is 17.9. The summed E-state index contributed by atoms with van der Waals surface area (Å²) in [5.41, 5.74) is 4.86. The summed E-state index contributed by atoms with van der Waals surface area (Å²) in [6.45, 7) is 0. The fourth-order valence-electron chi connectivity index (χ4n) is 11.7. The molecule has 13 aromatic rings. The van der Waals surface area contributed by atoms with Crippen molar-refractivity contribution in [3.8, 4) is 17.2 Å². The summed E-state index contributed by atoms with van der Waals surface area (Å²) >= 11 is 0. The molecule has 0 atom stereocenters. The number of ether oxygens (including phenoxy) is 1. The summed E-state index contributed by atoms with van der Waals surface area (Å²) in [6, 6.07) is 89.9. The molecular weight excluding hydrogens is 979 g/mol. The van der Waals surface area contributed by atoms with Gasteiger partial charge in [-0.2, -0.15) is 23.4 Å². The van der Waals surface area contributed by atoms with Gasteiger partial charge in [0.25, 0.3) is 0 Å². The van der Waals surface area contributed by atoms with Crippen LogP contribution in [0.15, 0.2) is 243 Å². The van der Waals surface area contributed by atoms with Gasteiger partial charge in [0, 0.05) is 40.1 Å². The van der Waals surface area contributed by atoms with E-state index in [1.165, 1.54) is 36.5 Å². The monoisotopic (exact) mass is 1020 g/mol. The van der Waals surface area contributed by atoms with Crippen LogP contribution in [0, 0.1) is 12.1 Å². The van der Waals surface area contributed by atoms with Crippen molar-refractivity contribution in [2.75, 3.05) is 0 Å². The number of hydrogen-bond acceptors (Lipinski definition) is 3. The van der Waals surface area contributed by atoms with Crippen molar-refractivity contribution in [3.63, 3.8) is 0 Å². The van der Waals surface area contributed by atoms with Gasteiger partial charge in [-0.1, -0.05) is 169 Å². The third-order valence-electron chi connectivity index (χ3n) is 14.5. The maximum atomic E-state index is 7.03. The number of imidazole rings is 1. The maximum Gasteiger partial charge on any atom is 2.00 e. The summed E-state index contributed by atoms with van der Waals surface area (Å²) in [5.74, 6) is 1.79. The van der Waals surface area contributed by atoms with Crippen molar-refractivity contribution in [3.05, 3.63) is 255 Å². The predicted molar refractivity (Wildman–Crippen MR) is 287 cm³/mol. The topological polar surface area (TPSA) is 44.4 Å². The summed E-state index contributed by atoms with van der Waals surface area (Å²) < 4.78 is 11.6. The molecule has 8 heteroatoms. The largest absolute Gasteiger partial charge is 2.00 e. The molecule has 0 N–H and O–H groups in total. The Hall–Kier alpha value is -7.96. The average Bonchev–Trinajstić information content (AvgIpc) is 4.06. The smallest absolute Gasteiger partial charge is 0.458 e. The SMILES string of the molecule is [Pd+2].[c-]1c(-n2c3ccc4c(c3c3cccnc32)[Si](c2ccccc2)(c2ccccc2)c2ccccc2O4)cccc1[Si](c1[c-]c2c(cc1)c1ccccc1n1ccnc21)(c1ccccc1)c1ccccc1. The van der Waals surface area contributed by atoms with Gasteiger partial charge in [0.15, 0.2) is 8.07 Å². The van der Waals surface area contributed by atoms with Gasteiger partial charge < -0.3 is 13.7 Å². The van der Waals surface area contributed by atoms with Gasteiger partial charge in [0.1, 0.15) is 25.2 Å². The number of hydrogen-bond donors (Lipinski definition) is 0. The zero-order chi connectivity index (χ0) is 45.5. The number of nitrogens with zero attached hydrogens (tertiary/aromatic N) is 4. The first-order valence-corrected chi connectivity index (χ1v) is 27.4. The number of benzene rings is 9. The first kappa shape index (κ1) is 42.2. The molecule has 0 saturated carbocycles. The van der Waals surface area contributed by atoms with E-state index in [9.17, 15) is 0 Å². The maximum absolute atomic E-state index is 7.03. The van der Waals surface area contributed by atoms with E-state index in [0.29, 0.717) is 0 Å².